The number of hydrogen-bond donors (Lipinski definition) is 0. The summed E-state index contributed by atoms with van der Waals surface area (Å²) in [5, 5.41) is 0.285. The van der Waals surface area contributed by atoms with Crippen LogP contribution in [0.5, 0.6) is 0 Å². The molecule has 0 aliphatic carbocycles. The summed E-state index contributed by atoms with van der Waals surface area (Å²) in [4.78, 5) is 0. The van der Waals surface area contributed by atoms with E-state index in [0.29, 0.717) is 6.10 Å². The fourth-order valence-electron chi connectivity index (χ4n) is 4.40. The van der Waals surface area contributed by atoms with E-state index < -0.39 is 26.7 Å². The molecule has 0 fully saturated rings. The molecule has 0 amide bonds. The van der Waals surface area contributed by atoms with Gasteiger partial charge < -0.3 is 0 Å². The van der Waals surface area contributed by atoms with Gasteiger partial charge in [-0.15, -0.1) is 0 Å². The summed E-state index contributed by atoms with van der Waals surface area (Å²) in [6.07, 6.45) is 20.8. The van der Waals surface area contributed by atoms with Crippen molar-refractivity contribution in [3.05, 3.63) is 10.2 Å². The summed E-state index contributed by atoms with van der Waals surface area (Å²) in [5.41, 5.74) is 0. The Morgan fingerprint density at radius 3 is 1.56 bits per heavy atom. The van der Waals surface area contributed by atoms with Crippen molar-refractivity contribution in [3.63, 3.8) is 0 Å². The Balaban J connectivity index is 5.52. The van der Waals surface area contributed by atoms with Gasteiger partial charge in [-0.1, -0.05) is 0 Å². The van der Waals surface area contributed by atoms with Crippen LogP contribution in [-0.4, -0.2) is 32.8 Å². The molecule has 0 N–H and O–H groups in total. The van der Waals surface area contributed by atoms with Crippen LogP contribution in [0.15, 0.2) is 10.2 Å². The van der Waals surface area contributed by atoms with E-state index in [2.05, 4.69) is 71.7 Å². The fraction of sp³-hybridized carbons (Fsp3) is 0.931. The molecular formula is C29H62OSiSn. The number of rotatable bonds is 20. The van der Waals surface area contributed by atoms with Crippen LogP contribution < -0.4 is 0 Å². The minimum absolute atomic E-state index is 0.285. The standard InChI is InChI=1S/C17H35OSi.3C4H9.Sn/c1-8-10-11-12-13-14-15-16(9-2)18-19(6,7)17(3,4)5;3*1-3-4-2;/h2,9,16H,8,10-15H2,1,3-7H3;3*1,3-4H2,2H3;/t16-;;;;/m1..../s1. The quantitative estimate of drug-likeness (QED) is 0.104. The predicted molar refractivity (Wildman–Crippen MR) is 154 cm³/mol. The second kappa shape index (κ2) is 18.0. The Labute approximate surface area is 210 Å². The van der Waals surface area contributed by atoms with E-state index in [9.17, 15) is 0 Å². The molecule has 0 aromatic carbocycles. The van der Waals surface area contributed by atoms with E-state index in [4.69, 9.17) is 4.43 Å². The van der Waals surface area contributed by atoms with Crippen LogP contribution in [0.3, 0.4) is 0 Å². The van der Waals surface area contributed by atoms with Gasteiger partial charge in [-0.2, -0.15) is 0 Å². The second-order valence-electron chi connectivity index (χ2n) is 12.0. The Morgan fingerprint density at radius 1 is 0.688 bits per heavy atom. The fourth-order valence-corrected chi connectivity index (χ4v) is 20.1. The van der Waals surface area contributed by atoms with Gasteiger partial charge >= 0.3 is 211 Å². The normalized spacial score (nSPS) is 14.4. The molecule has 0 aromatic rings. The molecular weight excluding hydrogens is 511 g/mol. The first-order valence-electron chi connectivity index (χ1n) is 14.4. The molecule has 1 atom stereocenters. The van der Waals surface area contributed by atoms with Crippen LogP contribution in [0, 0.1) is 0 Å². The van der Waals surface area contributed by atoms with Crippen LogP contribution in [0.1, 0.15) is 132 Å². The summed E-state index contributed by atoms with van der Waals surface area (Å²) >= 11 is -2.24. The summed E-state index contributed by atoms with van der Waals surface area (Å²) in [6, 6.07) is 0. The summed E-state index contributed by atoms with van der Waals surface area (Å²) < 4.78 is 14.6. The minimum atomic E-state index is -2.24. The van der Waals surface area contributed by atoms with Gasteiger partial charge in [0.15, 0.2) is 0 Å². The topological polar surface area (TPSA) is 9.23 Å². The average molecular weight is 574 g/mol. The molecule has 0 radical (unpaired) electrons. The van der Waals surface area contributed by atoms with Crippen molar-refractivity contribution in [3.8, 4) is 0 Å². The summed E-state index contributed by atoms with van der Waals surface area (Å²) in [7, 11) is -1.75. The van der Waals surface area contributed by atoms with E-state index >= 15 is 0 Å². The second-order valence-corrected chi connectivity index (χ2v) is 29.8. The third kappa shape index (κ3) is 14.2. The van der Waals surface area contributed by atoms with Crippen molar-refractivity contribution in [2.75, 3.05) is 0 Å². The monoisotopic (exact) mass is 574 g/mol. The van der Waals surface area contributed by atoms with Crippen molar-refractivity contribution >= 4 is 26.7 Å². The average Bonchev–Trinajstić information content (AvgIpc) is 2.73. The zero-order chi connectivity index (χ0) is 24.5. The Kier molecular flexibility index (Phi) is 18.5. The summed E-state index contributed by atoms with van der Waals surface area (Å²) in [6.45, 7) is 21.5. The van der Waals surface area contributed by atoms with E-state index in [-0.39, 0.29) is 5.04 Å². The molecule has 0 saturated heterocycles. The molecule has 0 bridgehead atoms. The third-order valence-electron chi connectivity index (χ3n) is 7.84. The first kappa shape index (κ1) is 32.7. The molecule has 0 spiro atoms. The Morgan fingerprint density at radius 2 is 1.12 bits per heavy atom. The van der Waals surface area contributed by atoms with Crippen LogP contribution in [0.4, 0.5) is 0 Å². The predicted octanol–water partition coefficient (Wildman–Crippen LogP) is 11.1. The van der Waals surface area contributed by atoms with Gasteiger partial charge in [-0.25, -0.2) is 0 Å². The zero-order valence-electron chi connectivity index (χ0n) is 24.0. The van der Waals surface area contributed by atoms with E-state index in [1.54, 1.807) is 13.3 Å². The summed E-state index contributed by atoms with van der Waals surface area (Å²) in [5.74, 6) is 0. The molecule has 0 heterocycles. The van der Waals surface area contributed by atoms with Crippen LogP contribution in [0.2, 0.25) is 31.4 Å². The SMILES string of the molecule is CCCCCCCC[C@@H](/C=[CH]/[Sn]([CH2]CCC)([CH2]CCC)[CH2]CCC)O[Si](C)(C)C(C)(C)C. The van der Waals surface area contributed by atoms with Gasteiger partial charge in [0.05, 0.1) is 0 Å². The van der Waals surface area contributed by atoms with Crippen molar-refractivity contribution < 1.29 is 4.43 Å². The first-order chi connectivity index (χ1) is 15.1. The van der Waals surface area contributed by atoms with Gasteiger partial charge in [-0.05, 0) is 0 Å². The molecule has 192 valence electrons. The van der Waals surface area contributed by atoms with Gasteiger partial charge in [-0.3, -0.25) is 0 Å². The van der Waals surface area contributed by atoms with E-state index in [1.165, 1.54) is 83.5 Å². The van der Waals surface area contributed by atoms with E-state index in [1.807, 2.05) is 0 Å². The molecule has 0 rings (SSSR count). The first-order valence-corrected chi connectivity index (χ1v) is 25.1. The van der Waals surface area contributed by atoms with Crippen molar-refractivity contribution in [2.45, 2.75) is 169 Å². The van der Waals surface area contributed by atoms with Gasteiger partial charge in [0.2, 0.25) is 0 Å². The van der Waals surface area contributed by atoms with Crippen LogP contribution >= 0.6 is 0 Å². The number of hydrogen-bond acceptors (Lipinski definition) is 1. The Bertz CT molecular complexity index is 444. The van der Waals surface area contributed by atoms with Gasteiger partial charge in [0, 0.05) is 0 Å². The zero-order valence-corrected chi connectivity index (χ0v) is 27.8. The maximum atomic E-state index is 7.02. The van der Waals surface area contributed by atoms with Crippen molar-refractivity contribution in [1.29, 1.82) is 0 Å². The molecule has 1 nitrogen and oxygen atoms in total. The molecule has 0 aliphatic rings. The van der Waals surface area contributed by atoms with Crippen molar-refractivity contribution in [1.82, 2.24) is 0 Å². The molecule has 0 saturated carbocycles. The maximum absolute atomic E-state index is 7.02. The molecule has 0 aromatic heterocycles. The molecule has 32 heavy (non-hydrogen) atoms. The van der Waals surface area contributed by atoms with Gasteiger partial charge in [0.25, 0.3) is 0 Å². The third-order valence-corrected chi connectivity index (χ3v) is 26.5. The Hall–Kier alpha value is 0.716. The van der Waals surface area contributed by atoms with Gasteiger partial charge in [0.1, 0.15) is 0 Å². The molecule has 0 aliphatic heterocycles. The van der Waals surface area contributed by atoms with Crippen LogP contribution in [-0.2, 0) is 4.43 Å². The number of unbranched alkanes of at least 4 members (excludes halogenated alkanes) is 8. The molecule has 0 unspecified atom stereocenters. The molecule has 3 heteroatoms. The van der Waals surface area contributed by atoms with Crippen molar-refractivity contribution in [2.24, 2.45) is 0 Å². The van der Waals surface area contributed by atoms with Crippen LogP contribution in [0.25, 0.3) is 0 Å². The van der Waals surface area contributed by atoms with E-state index in [0.717, 1.165) is 0 Å².